The Morgan fingerprint density at radius 1 is 1.00 bits per heavy atom. The molecule has 0 saturated carbocycles. The number of rotatable bonds is 11. The second-order valence-corrected chi connectivity index (χ2v) is 7.19. The van der Waals surface area contributed by atoms with Crippen LogP contribution in [-0.4, -0.2) is 41.1 Å². The summed E-state index contributed by atoms with van der Waals surface area (Å²) in [6, 6.07) is 0. The molecule has 0 radical (unpaired) electrons. The molecule has 0 N–H and O–H groups in total. The van der Waals surface area contributed by atoms with Gasteiger partial charge in [-0.2, -0.15) is 11.8 Å². The van der Waals surface area contributed by atoms with Crippen molar-refractivity contribution in [1.29, 1.82) is 0 Å². The highest BCUT2D eigenvalue weighted by Crippen LogP contribution is 2.15. The van der Waals surface area contributed by atoms with Gasteiger partial charge in [-0.3, -0.25) is 4.90 Å². The Kier molecular flexibility index (Phi) is 15.1. The monoisotopic (exact) mass is 311 g/mol. The van der Waals surface area contributed by atoms with Gasteiger partial charge in [-0.25, -0.2) is 0 Å². The van der Waals surface area contributed by atoms with Crippen LogP contribution < -0.4 is 0 Å². The first-order valence-electron chi connectivity index (χ1n) is 7.31. The Morgan fingerprint density at radius 3 is 2.33 bits per heavy atom. The average molecular weight is 312 g/mol. The molecule has 0 aromatic rings. The van der Waals surface area contributed by atoms with Gasteiger partial charge in [0, 0.05) is 18.2 Å². The first-order chi connectivity index (χ1) is 8.43. The van der Waals surface area contributed by atoms with Crippen molar-refractivity contribution in [3.05, 3.63) is 0 Å². The molecule has 110 valence electrons. The normalized spacial score (nSPS) is 15.8. The summed E-state index contributed by atoms with van der Waals surface area (Å²) in [7, 11) is 0. The summed E-state index contributed by atoms with van der Waals surface area (Å²) in [6.07, 6.45) is 9.94. The molecule has 0 spiro atoms. The Hall–Kier alpha value is 0.950. The first kappa shape index (κ1) is 18.9. The smallest absolute Gasteiger partial charge is 0.0445 e. The van der Waals surface area contributed by atoms with E-state index in [2.05, 4.69) is 35.3 Å². The van der Waals surface area contributed by atoms with Crippen LogP contribution in [-0.2, 0) is 0 Å². The third-order valence-corrected chi connectivity index (χ3v) is 5.40. The fraction of sp³-hybridized carbons (Fsp3) is 1.00. The summed E-state index contributed by atoms with van der Waals surface area (Å²) in [4.78, 5) is 2.60. The molecule has 1 nitrogen and oxygen atoms in total. The molecule has 0 aromatic heterocycles. The lowest BCUT2D eigenvalue weighted by Gasteiger charge is -2.12. The van der Waals surface area contributed by atoms with Crippen LogP contribution in [0.3, 0.4) is 0 Å². The van der Waals surface area contributed by atoms with E-state index in [-0.39, 0.29) is 12.4 Å². The second kappa shape index (κ2) is 14.4. The van der Waals surface area contributed by atoms with Crippen LogP contribution in [0.2, 0.25) is 0 Å². The summed E-state index contributed by atoms with van der Waals surface area (Å²) >= 11 is 4.25. The number of nitrogens with zero attached hydrogens (tertiary/aromatic N) is 1. The van der Waals surface area contributed by atoms with Crippen LogP contribution in [0, 0.1) is 0 Å². The molecule has 1 aliphatic heterocycles. The van der Waals surface area contributed by atoms with E-state index in [0.717, 1.165) is 0 Å². The van der Waals surface area contributed by atoms with Crippen molar-refractivity contribution in [2.75, 3.05) is 36.2 Å². The van der Waals surface area contributed by atoms with Gasteiger partial charge in [-0.05, 0) is 37.3 Å². The third-order valence-electron chi connectivity index (χ3n) is 3.23. The molecule has 1 heterocycles. The number of unbranched alkanes of at least 4 members (excludes halogenated alkanes) is 5. The van der Waals surface area contributed by atoms with Crippen molar-refractivity contribution >= 4 is 35.9 Å². The van der Waals surface area contributed by atoms with Gasteiger partial charge < -0.3 is 0 Å². The van der Waals surface area contributed by atoms with Gasteiger partial charge in [-0.1, -0.05) is 32.6 Å². The molecule has 0 atom stereocenters. The number of hydrogen-bond acceptors (Lipinski definition) is 3. The topological polar surface area (TPSA) is 3.24 Å². The fourth-order valence-corrected chi connectivity index (χ4v) is 4.13. The van der Waals surface area contributed by atoms with Gasteiger partial charge in [0.2, 0.25) is 0 Å². The van der Waals surface area contributed by atoms with E-state index in [0.29, 0.717) is 0 Å². The predicted octanol–water partition coefficient (Wildman–Crippen LogP) is 4.90. The minimum Gasteiger partial charge on any atom is -0.293 e. The molecule has 0 bridgehead atoms. The molecule has 0 amide bonds. The van der Waals surface area contributed by atoms with Crippen molar-refractivity contribution in [3.8, 4) is 0 Å². The summed E-state index contributed by atoms with van der Waals surface area (Å²) in [5.74, 6) is 5.42. The molecule has 0 unspecified atom stereocenters. The largest absolute Gasteiger partial charge is 0.293 e. The molecule has 1 aliphatic rings. The highest BCUT2D eigenvalue weighted by molar-refractivity contribution is 7.99. The van der Waals surface area contributed by atoms with Crippen molar-refractivity contribution < 1.29 is 0 Å². The Morgan fingerprint density at radius 2 is 1.72 bits per heavy atom. The fourth-order valence-electron chi connectivity index (χ4n) is 2.08. The lowest BCUT2D eigenvalue weighted by molar-refractivity contribution is 0.346. The van der Waals surface area contributed by atoms with E-state index >= 15 is 0 Å². The molecule has 0 aliphatic carbocycles. The van der Waals surface area contributed by atoms with E-state index in [4.69, 9.17) is 0 Å². The molecule has 0 aromatic carbocycles. The van der Waals surface area contributed by atoms with Gasteiger partial charge in [0.1, 0.15) is 0 Å². The zero-order chi connectivity index (χ0) is 12.2. The molecule has 1 fully saturated rings. The molecule has 18 heavy (non-hydrogen) atoms. The summed E-state index contributed by atoms with van der Waals surface area (Å²) < 4.78 is 0. The van der Waals surface area contributed by atoms with E-state index < -0.39 is 0 Å². The van der Waals surface area contributed by atoms with Crippen LogP contribution in [0.4, 0.5) is 0 Å². The predicted molar refractivity (Wildman–Crippen MR) is 91.5 cm³/mol. The van der Waals surface area contributed by atoms with Crippen molar-refractivity contribution in [2.45, 2.75) is 51.9 Å². The van der Waals surface area contributed by atoms with Crippen LogP contribution in [0.1, 0.15) is 51.9 Å². The highest BCUT2D eigenvalue weighted by atomic mass is 35.5. The van der Waals surface area contributed by atoms with Crippen LogP contribution in [0.25, 0.3) is 0 Å². The lowest BCUT2D eigenvalue weighted by Crippen LogP contribution is -2.20. The van der Waals surface area contributed by atoms with Crippen molar-refractivity contribution in [3.63, 3.8) is 0 Å². The maximum atomic E-state index is 2.60. The number of hydrogen-bond donors (Lipinski definition) is 0. The Labute approximate surface area is 129 Å². The maximum absolute atomic E-state index is 2.60. The number of halogens is 1. The van der Waals surface area contributed by atoms with Gasteiger partial charge in [0.05, 0.1) is 0 Å². The Bertz CT molecular complexity index is 164. The molecule has 4 heteroatoms. The number of thioether (sulfide) groups is 2. The minimum absolute atomic E-state index is 0. The standard InChI is InChI=1S/C14H29NS2.ClH/c1-2-3-4-7-11-16-12-8-5-6-9-15-10-13-17-14-15;/h2-14H2,1H3;1H. The van der Waals surface area contributed by atoms with Crippen molar-refractivity contribution in [1.82, 2.24) is 4.90 Å². The summed E-state index contributed by atoms with van der Waals surface area (Å²) in [5.41, 5.74) is 0. The SMILES string of the molecule is CCCCCCSCCCCCN1CCSC1.Cl. The molecular formula is C14H30ClNS2. The summed E-state index contributed by atoms with van der Waals surface area (Å²) in [6.45, 7) is 4.96. The van der Waals surface area contributed by atoms with E-state index in [9.17, 15) is 0 Å². The van der Waals surface area contributed by atoms with Gasteiger partial charge >= 0.3 is 0 Å². The molecule has 1 rings (SSSR count). The van der Waals surface area contributed by atoms with E-state index in [1.165, 1.54) is 81.2 Å². The van der Waals surface area contributed by atoms with Crippen LogP contribution >= 0.6 is 35.9 Å². The first-order valence-corrected chi connectivity index (χ1v) is 9.62. The van der Waals surface area contributed by atoms with Crippen LogP contribution in [0.5, 0.6) is 0 Å². The Balaban J connectivity index is 0.00000289. The maximum Gasteiger partial charge on any atom is 0.0445 e. The van der Waals surface area contributed by atoms with E-state index in [1.807, 2.05) is 0 Å². The zero-order valence-electron chi connectivity index (χ0n) is 11.9. The molecular weight excluding hydrogens is 282 g/mol. The van der Waals surface area contributed by atoms with Crippen molar-refractivity contribution in [2.24, 2.45) is 0 Å². The minimum atomic E-state index is 0. The quantitative estimate of drug-likeness (QED) is 0.500. The van der Waals surface area contributed by atoms with Gasteiger partial charge in [0.15, 0.2) is 0 Å². The van der Waals surface area contributed by atoms with Gasteiger partial charge in [0.25, 0.3) is 0 Å². The van der Waals surface area contributed by atoms with E-state index in [1.54, 1.807) is 0 Å². The average Bonchev–Trinajstić information content (AvgIpc) is 2.85. The molecule has 1 saturated heterocycles. The highest BCUT2D eigenvalue weighted by Gasteiger charge is 2.10. The van der Waals surface area contributed by atoms with Crippen LogP contribution in [0.15, 0.2) is 0 Å². The summed E-state index contributed by atoms with van der Waals surface area (Å²) in [5, 5.41) is 0. The lowest BCUT2D eigenvalue weighted by atomic mass is 10.2. The third kappa shape index (κ3) is 10.8. The second-order valence-electron chi connectivity index (χ2n) is 4.89. The zero-order valence-corrected chi connectivity index (χ0v) is 14.3. The van der Waals surface area contributed by atoms with Gasteiger partial charge in [-0.15, -0.1) is 24.2 Å².